The maximum atomic E-state index is 15.5. The molecule has 454 valence electrons. The standard InChI is InChI=1S/C58H62F6N8O13/c1-8-10-15-85-32(7)50-30(5)40-19-39-29(4)37(11-12-44(74)70(23-45(75)69(13-14-73)25-47(77)78)24-46(76)71(26-48(79)80)27-49(81)82)53(67-39)52-54-51(31(6)41(68-54)20-42-36(9-2)28(3)38(65-42)21-43(50)66-40)55(83)72(56(52)84)22-33-16-34(57(59,60)61)18-35(17-33)58(62,63)64/h14,16-21,29,32,37,66,68H,8-13,15,22-27H2,1-7H3,(H,77,78)(H,79,80)(H,81,82)/t29-,32?,37-/m0/s1. The molecule has 0 radical (unpaired) electrons. The van der Waals surface area contributed by atoms with E-state index < -0.39 is 147 Å². The number of hydrogen-bond donors (Lipinski definition) is 5. The Morgan fingerprint density at radius 3 is 1.84 bits per heavy atom. The van der Waals surface area contributed by atoms with Crippen molar-refractivity contribution in [1.29, 1.82) is 0 Å². The number of carbonyl (C=O) groups excluding carboxylic acids is 6. The molecule has 0 spiro atoms. The zero-order chi connectivity index (χ0) is 62.7. The first kappa shape index (κ1) is 63.8. The lowest BCUT2D eigenvalue weighted by Gasteiger charge is -2.29. The van der Waals surface area contributed by atoms with Gasteiger partial charge < -0.3 is 49.5 Å². The zero-order valence-corrected chi connectivity index (χ0v) is 47.3. The summed E-state index contributed by atoms with van der Waals surface area (Å²) >= 11 is 0. The molecule has 1 unspecified atom stereocenters. The molecular weight excluding hydrogens is 1130 g/mol. The van der Waals surface area contributed by atoms with Crippen LogP contribution in [0.5, 0.6) is 0 Å². The number of carboxylic acid groups (broad SMARTS) is 3. The third-order valence-electron chi connectivity index (χ3n) is 15.3. The van der Waals surface area contributed by atoms with Crippen molar-refractivity contribution in [3.8, 4) is 0 Å². The van der Waals surface area contributed by atoms with Crippen LogP contribution >= 0.6 is 0 Å². The van der Waals surface area contributed by atoms with E-state index in [1.807, 2.05) is 40.7 Å². The molecule has 7 rings (SSSR count). The Hall–Kier alpha value is -8.75. The number of hydrogen-bond acceptors (Lipinski definition) is 12. The Morgan fingerprint density at radius 2 is 1.27 bits per heavy atom. The molecule has 8 bridgehead atoms. The highest BCUT2D eigenvalue weighted by Crippen LogP contribution is 2.46. The summed E-state index contributed by atoms with van der Waals surface area (Å²) in [6.07, 6.45) is -9.81. The molecule has 3 aromatic heterocycles. The van der Waals surface area contributed by atoms with Gasteiger partial charge in [0.05, 0.1) is 64.0 Å². The van der Waals surface area contributed by atoms with Crippen molar-refractivity contribution >= 4 is 86.9 Å². The monoisotopic (exact) mass is 1190 g/mol. The Morgan fingerprint density at radius 1 is 0.718 bits per heavy atom. The van der Waals surface area contributed by atoms with Gasteiger partial charge in [-0.3, -0.25) is 48.2 Å². The van der Waals surface area contributed by atoms with Crippen LogP contribution in [0.2, 0.25) is 0 Å². The number of fused-ring (bicyclic) bond motifs is 8. The van der Waals surface area contributed by atoms with Gasteiger partial charge in [-0.15, -0.1) is 0 Å². The molecular formula is C58H62F6N8O13. The quantitative estimate of drug-likeness (QED) is 0.0201. The maximum Gasteiger partial charge on any atom is 0.416 e. The lowest BCUT2D eigenvalue weighted by Crippen LogP contribution is -2.50. The van der Waals surface area contributed by atoms with Crippen LogP contribution in [0.1, 0.15) is 162 Å². The molecule has 3 atom stereocenters. The van der Waals surface area contributed by atoms with Gasteiger partial charge in [0.15, 0.2) is 0 Å². The van der Waals surface area contributed by atoms with Crippen LogP contribution < -0.4 is 0 Å². The van der Waals surface area contributed by atoms with Crippen LogP contribution in [0.25, 0.3) is 33.2 Å². The molecule has 3 aliphatic heterocycles. The second kappa shape index (κ2) is 25.6. The van der Waals surface area contributed by atoms with Crippen molar-refractivity contribution in [2.75, 3.05) is 45.9 Å². The second-order valence-electron chi connectivity index (χ2n) is 21.0. The Balaban J connectivity index is 1.49. The number of aldehydes is 1. The number of H-pyrrole nitrogens is 2. The molecule has 0 fully saturated rings. The van der Waals surface area contributed by atoms with Crippen LogP contribution in [0.3, 0.4) is 0 Å². The van der Waals surface area contributed by atoms with E-state index in [1.54, 1.807) is 19.1 Å². The summed E-state index contributed by atoms with van der Waals surface area (Å²) in [6.45, 7) is 5.71. The van der Waals surface area contributed by atoms with Gasteiger partial charge in [-0.2, -0.15) is 26.3 Å². The number of nitrogens with one attached hydrogen (secondary N) is 2. The van der Waals surface area contributed by atoms with Crippen molar-refractivity contribution in [1.82, 2.24) is 39.5 Å². The molecule has 6 heterocycles. The summed E-state index contributed by atoms with van der Waals surface area (Å²) in [5.41, 5.74) is 0.983. The molecule has 0 saturated heterocycles. The Labute approximate surface area is 481 Å². The maximum absolute atomic E-state index is 15.5. The third-order valence-corrected chi connectivity index (χ3v) is 15.3. The van der Waals surface area contributed by atoms with E-state index in [4.69, 9.17) is 14.7 Å². The van der Waals surface area contributed by atoms with Crippen molar-refractivity contribution in [3.63, 3.8) is 0 Å². The predicted molar refractivity (Wildman–Crippen MR) is 292 cm³/mol. The summed E-state index contributed by atoms with van der Waals surface area (Å²) in [7, 11) is 0. The summed E-state index contributed by atoms with van der Waals surface area (Å²) in [5, 5.41) is 28.5. The molecule has 85 heavy (non-hydrogen) atoms. The molecule has 0 aliphatic carbocycles. The number of carbonyl (C=O) groups is 9. The molecule has 27 heteroatoms. The van der Waals surface area contributed by atoms with Crippen LogP contribution in [0, 0.1) is 13.8 Å². The predicted octanol–water partition coefficient (Wildman–Crippen LogP) is 8.59. The van der Waals surface area contributed by atoms with E-state index in [-0.39, 0.29) is 57.9 Å². The minimum absolute atomic E-state index is 0.0970. The lowest BCUT2D eigenvalue weighted by molar-refractivity contribution is -0.152. The van der Waals surface area contributed by atoms with Crippen molar-refractivity contribution < 1.29 is 89.5 Å². The minimum atomic E-state index is -5.30. The van der Waals surface area contributed by atoms with E-state index in [9.17, 15) is 80.0 Å². The van der Waals surface area contributed by atoms with Gasteiger partial charge in [-0.05, 0) is 111 Å². The van der Waals surface area contributed by atoms with Crippen LogP contribution in [-0.2, 0) is 57.2 Å². The number of carboxylic acids is 3. The number of allylic oxidation sites excluding steroid dienone is 2. The molecule has 0 saturated carbocycles. The molecule has 5 amide bonds. The molecule has 3 aliphatic rings. The van der Waals surface area contributed by atoms with Crippen molar-refractivity contribution in [2.45, 2.75) is 117 Å². The van der Waals surface area contributed by atoms with Gasteiger partial charge in [-0.25, -0.2) is 4.98 Å². The number of unbranched alkanes of at least 4 members (excludes halogenated alkanes) is 1. The number of imide groups is 1. The largest absolute Gasteiger partial charge is 0.480 e. The second-order valence-corrected chi connectivity index (χ2v) is 21.0. The van der Waals surface area contributed by atoms with Gasteiger partial charge in [0.25, 0.3) is 11.8 Å². The SMILES string of the molecule is CCCCOC(C)c1c(C)c2cc3nc(c4c5[nH]c(cc6nc(cc1[nH]2)C(C)=C6CC)c(C)c5C(=O)N(Cc1cc(C(F)(F)F)cc(C(F)(F)F)c1)C4=O)[C@@H](CCC(=O)N(CC(=O)N(CC=O)CC(=O)O)CC(=O)N(CC(=O)O)CC(=O)O)[C@@H]3C. The number of aromatic nitrogens is 4. The Bertz CT molecular complexity index is 3560. The summed E-state index contributed by atoms with van der Waals surface area (Å²) in [6, 6.07) is 5.90. The third kappa shape index (κ3) is 13.9. The van der Waals surface area contributed by atoms with Gasteiger partial charge in [0, 0.05) is 52.7 Å². The fraction of sp³-hybridized carbons (Fsp3) is 0.431. The number of aromatic amines is 2. The summed E-state index contributed by atoms with van der Waals surface area (Å²) in [4.78, 5) is 138. The minimum Gasteiger partial charge on any atom is -0.480 e. The van der Waals surface area contributed by atoms with Crippen molar-refractivity contribution in [3.05, 3.63) is 104 Å². The normalized spacial score (nSPS) is 15.5. The van der Waals surface area contributed by atoms with Crippen LogP contribution in [0.4, 0.5) is 26.3 Å². The molecule has 5 N–H and O–H groups in total. The average Bonchev–Trinajstić information content (AvgIpc) is 1.97. The zero-order valence-electron chi connectivity index (χ0n) is 47.3. The highest BCUT2D eigenvalue weighted by Gasteiger charge is 2.43. The number of nitrogens with zero attached hydrogens (tertiary/aromatic N) is 6. The first-order valence-corrected chi connectivity index (χ1v) is 27.1. The van der Waals surface area contributed by atoms with Gasteiger partial charge in [0.1, 0.15) is 39.0 Å². The van der Waals surface area contributed by atoms with E-state index >= 15 is 4.79 Å². The topological polar surface area (TPSA) is 294 Å². The number of alkyl halides is 6. The van der Waals surface area contributed by atoms with Gasteiger partial charge >= 0.3 is 30.3 Å². The number of benzene rings is 1. The van der Waals surface area contributed by atoms with Crippen molar-refractivity contribution in [2.24, 2.45) is 0 Å². The highest BCUT2D eigenvalue weighted by atomic mass is 19.4. The molecule has 21 nitrogen and oxygen atoms in total. The molecule has 4 aromatic rings. The number of halogens is 6. The van der Waals surface area contributed by atoms with Gasteiger partial charge in [0.2, 0.25) is 17.7 Å². The number of aryl methyl sites for hydroxylation is 2. The smallest absolute Gasteiger partial charge is 0.416 e. The number of rotatable bonds is 23. The highest BCUT2D eigenvalue weighted by molar-refractivity contribution is 6.23. The average molecular weight is 1190 g/mol. The van der Waals surface area contributed by atoms with E-state index in [0.717, 1.165) is 29.6 Å². The summed E-state index contributed by atoms with van der Waals surface area (Å²) < 4.78 is 92.1. The summed E-state index contributed by atoms with van der Waals surface area (Å²) in [5.74, 6) is -12.6. The number of aliphatic carboxylic acids is 3. The fourth-order valence-electron chi connectivity index (χ4n) is 10.9. The first-order valence-electron chi connectivity index (χ1n) is 27.1. The van der Waals surface area contributed by atoms with Gasteiger partial charge in [-0.1, -0.05) is 27.2 Å². The number of ether oxygens (including phenoxy) is 1. The van der Waals surface area contributed by atoms with E-state index in [1.165, 1.54) is 6.92 Å². The van der Waals surface area contributed by atoms with E-state index in [2.05, 4.69) is 9.97 Å². The van der Waals surface area contributed by atoms with Crippen LogP contribution in [-0.4, -0.2) is 154 Å². The first-order chi connectivity index (χ1) is 39.9. The molecule has 1 aromatic carbocycles. The Kier molecular flexibility index (Phi) is 19.2. The fourth-order valence-corrected chi connectivity index (χ4v) is 10.9. The lowest BCUT2D eigenvalue weighted by atomic mass is 9.84. The number of amides is 5. The van der Waals surface area contributed by atoms with Crippen LogP contribution in [0.15, 0.2) is 36.4 Å². The van der Waals surface area contributed by atoms with E-state index in [0.29, 0.717) is 72.7 Å².